The van der Waals surface area contributed by atoms with Crippen molar-refractivity contribution < 1.29 is 128 Å². The van der Waals surface area contributed by atoms with Gasteiger partial charge in [0, 0.05) is 18.8 Å². The number of ether oxygens (including phenoxy) is 6. The van der Waals surface area contributed by atoms with Crippen molar-refractivity contribution in [1.29, 1.82) is 0 Å². The zero-order valence-electron chi connectivity index (χ0n) is 53.4. The maximum absolute atomic E-state index is 15.2. The number of hydrogen-bond acceptors (Lipinski definition) is 32. The molecule has 0 radical (unpaired) electrons. The van der Waals surface area contributed by atoms with Crippen LogP contribution in [0.25, 0.3) is 0 Å². The highest BCUT2D eigenvalue weighted by atomic mass is 16.7. The molecule has 0 spiro atoms. The Morgan fingerprint density at radius 2 is 1.22 bits per heavy atom. The van der Waals surface area contributed by atoms with Gasteiger partial charge in [-0.05, 0) is 29.2 Å². The van der Waals surface area contributed by atoms with E-state index in [0.717, 1.165) is 4.90 Å². The van der Waals surface area contributed by atoms with Crippen molar-refractivity contribution in [3.63, 3.8) is 0 Å². The van der Waals surface area contributed by atoms with Gasteiger partial charge in [-0.2, -0.15) is 0 Å². The highest BCUT2D eigenvalue weighted by Crippen LogP contribution is 2.33. The molecule has 6 heterocycles. The van der Waals surface area contributed by atoms with Crippen LogP contribution in [0.5, 0.6) is 5.75 Å². The largest absolute Gasteiger partial charge is 0.462 e. The third-order valence-corrected chi connectivity index (χ3v) is 18.0. The van der Waals surface area contributed by atoms with Gasteiger partial charge in [-0.25, -0.2) is 0 Å². The van der Waals surface area contributed by atoms with E-state index in [0.29, 0.717) is 12.0 Å². The van der Waals surface area contributed by atoms with Crippen molar-refractivity contribution >= 4 is 53.3 Å². The SMILES string of the molecule is CCC(C)CC(=O)OC1C(O)C(CO)OC(OC2C(CO)OC(Oc3ccc(CC4NC(=O)C(C(C)c5ccccc5)NC(=O)CNC(=O)C(CO)NC(=O)C(C(O)C5CN=C(N)N5C5OC(CO)C(O)C(O)C5O)NC(=O)C(C(O)C5CN=C(N)N5)NC4=O)cc3)C(O)C2O)C1O. The van der Waals surface area contributed by atoms with E-state index in [9.17, 15) is 90.4 Å². The molecule has 38 heteroatoms. The first-order valence-electron chi connectivity index (χ1n) is 31.7. The van der Waals surface area contributed by atoms with Gasteiger partial charge in [-0.1, -0.05) is 69.7 Å². The van der Waals surface area contributed by atoms with Gasteiger partial charge in [0.2, 0.25) is 41.7 Å². The molecule has 98 heavy (non-hydrogen) atoms. The molecule has 6 amide bonds. The quantitative estimate of drug-likeness (QED) is 0.0516. The molecule has 2 aromatic carbocycles. The molecule has 26 atom stereocenters. The number of aliphatic imine (C=N–C) groups is 2. The number of rotatable bonds is 21. The summed E-state index contributed by atoms with van der Waals surface area (Å²) in [6.07, 6.45) is -31.3. The highest BCUT2D eigenvalue weighted by Gasteiger charge is 2.55. The molecule has 6 aliphatic heterocycles. The van der Waals surface area contributed by atoms with Crippen molar-refractivity contribution in [2.75, 3.05) is 46.1 Å². The Kier molecular flexibility index (Phi) is 26.4. The average Bonchev–Trinajstić information content (AvgIpc) is 1.44. The maximum Gasteiger partial charge on any atom is 0.306 e. The van der Waals surface area contributed by atoms with Gasteiger partial charge in [0.05, 0.1) is 58.1 Å². The van der Waals surface area contributed by atoms with Crippen LogP contribution in [0.4, 0.5) is 0 Å². The Balaban J connectivity index is 1.09. The third kappa shape index (κ3) is 17.7. The Morgan fingerprint density at radius 3 is 1.86 bits per heavy atom. The topological polar surface area (TPSA) is 602 Å². The van der Waals surface area contributed by atoms with Gasteiger partial charge < -0.3 is 148 Å². The molecule has 544 valence electrons. The van der Waals surface area contributed by atoms with Crippen LogP contribution in [-0.4, -0.2) is 317 Å². The summed E-state index contributed by atoms with van der Waals surface area (Å²) in [5, 5.41) is 160. The lowest BCUT2D eigenvalue weighted by Crippen LogP contribution is -2.70. The van der Waals surface area contributed by atoms with Gasteiger partial charge in [-0.3, -0.25) is 43.5 Å². The highest BCUT2D eigenvalue weighted by molar-refractivity contribution is 5.98. The third-order valence-electron chi connectivity index (χ3n) is 18.0. The molecule has 26 unspecified atom stereocenters. The Bertz CT molecular complexity index is 3130. The molecule has 24 N–H and O–H groups in total. The number of guanidine groups is 2. The number of benzene rings is 2. The van der Waals surface area contributed by atoms with Gasteiger partial charge in [0.25, 0.3) is 0 Å². The zero-order valence-corrected chi connectivity index (χ0v) is 53.4. The molecule has 0 aromatic heterocycles. The lowest BCUT2D eigenvalue weighted by molar-refractivity contribution is -0.353. The van der Waals surface area contributed by atoms with E-state index in [-0.39, 0.29) is 36.2 Å². The Hall–Kier alpha value is -7.61. The minimum absolute atomic E-state index is 0.0763. The number of carbonyl (C=O) groups is 7. The normalized spacial score (nSPS) is 36.0. The summed E-state index contributed by atoms with van der Waals surface area (Å²) in [6, 6.07) is 0.747. The number of aliphatic hydroxyl groups excluding tert-OH is 13. The van der Waals surface area contributed by atoms with Crippen LogP contribution in [-0.2, 0) is 63.7 Å². The molecule has 0 bridgehead atoms. The van der Waals surface area contributed by atoms with E-state index in [1.807, 2.05) is 6.92 Å². The number of nitrogens with two attached hydrogens (primary N) is 2. The van der Waals surface area contributed by atoms with E-state index < -0.39 is 246 Å². The molecule has 4 fully saturated rings. The number of esters is 1. The minimum Gasteiger partial charge on any atom is -0.462 e. The van der Waals surface area contributed by atoms with Gasteiger partial charge in [0.15, 0.2) is 30.5 Å². The zero-order chi connectivity index (χ0) is 71.6. The molecule has 0 saturated carbocycles. The summed E-state index contributed by atoms with van der Waals surface area (Å²) >= 11 is 0. The van der Waals surface area contributed by atoms with Crippen molar-refractivity contribution in [3.8, 4) is 5.75 Å². The first kappa shape index (κ1) is 76.1. The fourth-order valence-corrected chi connectivity index (χ4v) is 12.0. The number of carbonyl (C=O) groups excluding carboxylic acids is 7. The molecule has 2 aromatic rings. The first-order chi connectivity index (χ1) is 46.6. The number of aliphatic hydroxyl groups is 13. The fourth-order valence-electron chi connectivity index (χ4n) is 12.0. The second kappa shape index (κ2) is 34.0. The van der Waals surface area contributed by atoms with Crippen molar-refractivity contribution in [2.45, 2.75) is 193 Å². The van der Waals surface area contributed by atoms with E-state index in [1.165, 1.54) is 24.3 Å². The number of nitrogens with one attached hydrogen (secondary N) is 7. The fraction of sp³-hybridized carbons (Fsp3) is 0.650. The summed E-state index contributed by atoms with van der Waals surface area (Å²) in [6.45, 7) is -0.427. The minimum atomic E-state index is -2.35. The van der Waals surface area contributed by atoms with Crippen LogP contribution in [0.15, 0.2) is 64.6 Å². The molecular weight excluding hydrogens is 1300 g/mol. The predicted molar refractivity (Wildman–Crippen MR) is 331 cm³/mol. The Morgan fingerprint density at radius 1 is 0.612 bits per heavy atom. The van der Waals surface area contributed by atoms with E-state index in [1.54, 1.807) is 44.2 Å². The lowest BCUT2D eigenvalue weighted by atomic mass is 9.92. The number of hydrogen-bond donors (Lipinski definition) is 22. The molecule has 4 saturated heterocycles. The summed E-state index contributed by atoms with van der Waals surface area (Å²) in [5.41, 5.74) is 12.8. The van der Waals surface area contributed by atoms with Gasteiger partial charge in [-0.15, -0.1) is 0 Å². The lowest BCUT2D eigenvalue weighted by Gasteiger charge is -2.46. The Labute approximate surface area is 559 Å². The number of amides is 6. The second-order valence-electron chi connectivity index (χ2n) is 24.7. The maximum atomic E-state index is 15.2. The van der Waals surface area contributed by atoms with Crippen LogP contribution in [0.2, 0.25) is 0 Å². The van der Waals surface area contributed by atoms with E-state index >= 15 is 9.59 Å². The van der Waals surface area contributed by atoms with E-state index in [2.05, 4.69) is 47.2 Å². The van der Waals surface area contributed by atoms with Crippen LogP contribution in [0.3, 0.4) is 0 Å². The molecular formula is C60H88N12O26. The monoisotopic (exact) mass is 1390 g/mol. The summed E-state index contributed by atoms with van der Waals surface area (Å²) in [7, 11) is 0. The molecule has 0 aliphatic carbocycles. The predicted octanol–water partition coefficient (Wildman–Crippen LogP) is -11.6. The van der Waals surface area contributed by atoms with Crippen molar-refractivity contribution in [2.24, 2.45) is 27.4 Å². The number of nitrogens with zero attached hydrogens (tertiary/aromatic N) is 3. The standard InChI is InChI=1S/C60H88N12O26/c1-4-23(2)14-36(78)97-50-43(82)33(21-75)95-58(48(50)87)98-49-34(22-76)96-57(47(86)45(49)84)93-27-12-10-25(11-13-27)15-28-52(89)70-38(40(79)29-16-64-59(61)68-29)55(92)71-39(41(80)31-17-65-60(62)72(31)56-46(85)44(83)42(81)32(20-74)94-56)54(91)67-30(19-73)51(88)63-18-35(77)69-37(53(90)66-28)24(3)26-8-6-5-7-9-26/h5-13,23-24,28-34,37-50,56-58,73-76,79-87H,4,14-22H2,1-3H3,(H2,62,65)(H,63,88)(H,66,90)(H,67,91)(H,69,77)(H,70,89)(H,71,92)(H3,61,64,68). The second-order valence-corrected chi connectivity index (χ2v) is 24.7. The van der Waals surface area contributed by atoms with Gasteiger partial charge in [0.1, 0.15) is 115 Å². The van der Waals surface area contributed by atoms with Gasteiger partial charge >= 0.3 is 5.97 Å². The van der Waals surface area contributed by atoms with Crippen LogP contribution in [0.1, 0.15) is 50.7 Å². The molecule has 6 aliphatic rings. The van der Waals surface area contributed by atoms with Crippen LogP contribution < -0.4 is 53.4 Å². The van der Waals surface area contributed by atoms with Crippen LogP contribution in [0, 0.1) is 5.92 Å². The van der Waals surface area contributed by atoms with Crippen molar-refractivity contribution in [3.05, 3.63) is 65.7 Å². The van der Waals surface area contributed by atoms with Crippen LogP contribution >= 0.6 is 0 Å². The van der Waals surface area contributed by atoms with Crippen molar-refractivity contribution in [1.82, 2.24) is 42.1 Å². The smallest absolute Gasteiger partial charge is 0.306 e. The summed E-state index contributed by atoms with van der Waals surface area (Å²) in [4.78, 5) is 109. The summed E-state index contributed by atoms with van der Waals surface area (Å²) in [5.74, 6) is -9.96. The molecule has 8 rings (SSSR count). The van der Waals surface area contributed by atoms with E-state index in [4.69, 9.17) is 39.9 Å². The average molecular weight is 1390 g/mol. The first-order valence-corrected chi connectivity index (χ1v) is 31.7. The summed E-state index contributed by atoms with van der Waals surface area (Å²) < 4.78 is 34.3. The molecule has 38 nitrogen and oxygen atoms in total.